The molecule has 0 aromatic heterocycles. The van der Waals surface area contributed by atoms with Crippen molar-refractivity contribution < 1.29 is 20.5 Å². The van der Waals surface area contributed by atoms with Gasteiger partial charge in [-0.15, -0.1) is 0 Å². The van der Waals surface area contributed by atoms with Crippen molar-refractivity contribution in [2.75, 3.05) is 6.61 Å². The summed E-state index contributed by atoms with van der Waals surface area (Å²) in [6.07, 6.45) is 4.18. The van der Waals surface area contributed by atoms with Gasteiger partial charge >= 0.3 is 118 Å². The second-order valence-corrected chi connectivity index (χ2v) is 79.7. The number of fused-ring (bicyclic) bond motifs is 1. The first kappa shape index (κ1) is 15.8. The molecule has 0 heterocycles. The van der Waals surface area contributed by atoms with E-state index in [1.807, 2.05) is 36.4 Å². The second kappa shape index (κ2) is 3.59. The van der Waals surface area contributed by atoms with Gasteiger partial charge in [0, 0.05) is 0 Å². The monoisotopic (exact) mass is 396 g/mol. The van der Waals surface area contributed by atoms with Gasteiger partial charge in [-0.3, -0.25) is 0 Å². The molecule has 1 unspecified atom stereocenters. The minimum absolute atomic E-state index is 0.0500. The molecular weight excluding hydrogens is 378 g/mol. The van der Waals surface area contributed by atoms with Gasteiger partial charge in [-0.2, -0.15) is 0 Å². The summed E-state index contributed by atoms with van der Waals surface area (Å²) >= 11 is -6.04. The Bertz CT molecular complexity index is 669. The van der Waals surface area contributed by atoms with Crippen LogP contribution >= 0.6 is 17.0 Å². The van der Waals surface area contributed by atoms with E-state index >= 15 is 0 Å². The van der Waals surface area contributed by atoms with Crippen molar-refractivity contribution in [3.05, 3.63) is 41.5 Å². The molecule has 0 fully saturated rings. The van der Waals surface area contributed by atoms with E-state index in [2.05, 4.69) is 0 Å². The third kappa shape index (κ3) is 3.03. The van der Waals surface area contributed by atoms with Crippen LogP contribution in [0.2, 0.25) is 8.76 Å². The zero-order valence-corrected chi connectivity index (χ0v) is 17.2. The summed E-state index contributed by atoms with van der Waals surface area (Å²) in [5.74, 6) is 0. The molecule has 1 atom stereocenters. The van der Waals surface area contributed by atoms with Gasteiger partial charge in [0.15, 0.2) is 0 Å². The first-order valence-electron chi connectivity index (χ1n) is 6.61. The molecule has 1 aromatic rings. The molecule has 2 nitrogen and oxygen atoms in total. The van der Waals surface area contributed by atoms with Crippen LogP contribution in [0.4, 0.5) is 0 Å². The van der Waals surface area contributed by atoms with Crippen LogP contribution < -0.4 is 0 Å². The number of hydrogen-bond acceptors (Lipinski definition) is 2. The van der Waals surface area contributed by atoms with E-state index in [1.165, 1.54) is 0 Å². The van der Waals surface area contributed by atoms with E-state index < -0.39 is 16.2 Å². The van der Waals surface area contributed by atoms with Gasteiger partial charge in [0.2, 0.25) is 0 Å². The molecule has 2 rings (SSSR count). The molecule has 1 N–H and O–H groups in total. The molecule has 1 aliphatic carbocycles. The Morgan fingerprint density at radius 3 is 2.63 bits per heavy atom. The van der Waals surface area contributed by atoms with Crippen LogP contribution in [-0.4, -0.2) is 19.1 Å². The van der Waals surface area contributed by atoms with Crippen LogP contribution in [0.5, 0.6) is 0 Å². The van der Waals surface area contributed by atoms with E-state index in [0.29, 0.717) is 6.42 Å². The Morgan fingerprint density at radius 1 is 1.37 bits per heavy atom. The van der Waals surface area contributed by atoms with Crippen molar-refractivity contribution in [2.45, 2.75) is 18.8 Å². The normalized spacial score (nSPS) is 24.2. The first-order chi connectivity index (χ1) is 8.38. The van der Waals surface area contributed by atoms with Gasteiger partial charge < -0.3 is 0 Å². The topological polar surface area (TPSA) is 37.3 Å². The van der Waals surface area contributed by atoms with Crippen LogP contribution in [-0.2, 0) is 15.4 Å². The zero-order chi connectivity index (χ0) is 14.5. The van der Waals surface area contributed by atoms with Gasteiger partial charge in [0.25, 0.3) is 0 Å². The van der Waals surface area contributed by atoms with Gasteiger partial charge in [0.05, 0.1) is 0 Å². The molecule has 1 aromatic carbocycles. The van der Waals surface area contributed by atoms with Crippen molar-refractivity contribution in [1.82, 2.24) is 0 Å². The van der Waals surface area contributed by atoms with Crippen LogP contribution in [0.25, 0.3) is 6.08 Å². The number of aliphatic hydroxyl groups excluding tert-OH is 1. The predicted molar refractivity (Wildman–Crippen MR) is 82.9 cm³/mol. The fourth-order valence-electron chi connectivity index (χ4n) is 3.12. The van der Waals surface area contributed by atoms with Crippen molar-refractivity contribution in [1.29, 1.82) is 0 Å². The van der Waals surface area contributed by atoms with Crippen LogP contribution in [0.15, 0.2) is 30.3 Å². The maximum absolute atomic E-state index is 14.0. The summed E-state index contributed by atoms with van der Waals surface area (Å²) in [4.78, 5) is 0. The van der Waals surface area contributed by atoms with Gasteiger partial charge in [-0.05, 0) is 0 Å². The van der Waals surface area contributed by atoms with E-state index in [1.54, 1.807) is 4.63 Å². The molecular formula is C13H20Cl2O2SiZr. The SMILES string of the molecule is [CH3][Zr](=[O])([SiH3])([Cl])([Cl])([CH2]CCO)[CH]1C=Cc2ccccc21. The molecule has 6 heteroatoms. The van der Waals surface area contributed by atoms with E-state index in [4.69, 9.17) is 22.1 Å². The summed E-state index contributed by atoms with van der Waals surface area (Å²) in [5.41, 5.74) is 1.97. The molecule has 0 saturated carbocycles. The molecule has 0 saturated heterocycles. The van der Waals surface area contributed by atoms with Crippen molar-refractivity contribution >= 4 is 30.5 Å². The fraction of sp³-hybridized carbons (Fsp3) is 0.385. The van der Waals surface area contributed by atoms with E-state index in [-0.39, 0.29) is 18.1 Å². The first-order valence-corrected chi connectivity index (χ1v) is 27.9. The third-order valence-corrected chi connectivity index (χ3v) is 28.6. The van der Waals surface area contributed by atoms with Gasteiger partial charge in [-0.1, -0.05) is 0 Å². The number of aliphatic hydroxyl groups is 1. The Morgan fingerprint density at radius 2 is 2.00 bits per heavy atom. The van der Waals surface area contributed by atoms with Gasteiger partial charge in [0.1, 0.15) is 0 Å². The minimum atomic E-state index is -6.04. The van der Waals surface area contributed by atoms with Crippen LogP contribution in [0.3, 0.4) is 0 Å². The average molecular weight is 399 g/mol. The Balaban J connectivity index is 2.64. The molecule has 19 heavy (non-hydrogen) atoms. The summed E-state index contributed by atoms with van der Waals surface area (Å²) in [5, 5.41) is 9.08. The Labute approximate surface area is 117 Å². The molecule has 0 bridgehead atoms. The number of allylic oxidation sites excluding steroid dienone is 1. The second-order valence-electron chi connectivity index (χ2n) is 7.42. The Hall–Kier alpha value is 0.400. The third-order valence-electron chi connectivity index (χ3n) is 4.27. The standard InChI is InChI=1S/C9H7.C3H7O.CH3.2ClH.O.H3Si.Zr/c1-2-5-9-7-3-6-8(9)4-1;1-2-3-4;;;;;;/h1-7H;4H,1-3H2;1H3;2*1H;;1H3;/q;;;;;;;+2/p-2. The quantitative estimate of drug-likeness (QED) is 0.791. The summed E-state index contributed by atoms with van der Waals surface area (Å²) < 4.78 is 15.3. The van der Waals surface area contributed by atoms with Gasteiger partial charge in [-0.25, -0.2) is 0 Å². The molecule has 0 aliphatic heterocycles. The molecule has 106 valence electrons. The van der Waals surface area contributed by atoms with Crippen molar-refractivity contribution in [2.24, 2.45) is 0 Å². The summed E-state index contributed by atoms with van der Waals surface area (Å²) in [6, 6.07) is 7.77. The molecule has 1 aliphatic rings. The number of rotatable bonds is 4. The number of benzene rings is 1. The van der Waals surface area contributed by atoms with E-state index in [0.717, 1.165) is 11.1 Å². The van der Waals surface area contributed by atoms with Crippen molar-refractivity contribution in [3.63, 3.8) is 0 Å². The maximum atomic E-state index is 14.0. The van der Waals surface area contributed by atoms with E-state index in [9.17, 15) is 2.81 Å². The summed E-state index contributed by atoms with van der Waals surface area (Å²) in [7, 11) is 13.8. The Kier molecular flexibility index (Phi) is 2.98. The van der Waals surface area contributed by atoms with Crippen LogP contribution in [0.1, 0.15) is 21.2 Å². The van der Waals surface area contributed by atoms with Crippen molar-refractivity contribution in [3.8, 4) is 0 Å². The molecule has 0 amide bonds. The number of hydrogen-bond donors (Lipinski definition) is 1. The molecule has 0 radical (unpaired) electrons. The average Bonchev–Trinajstić information content (AvgIpc) is 2.70. The summed E-state index contributed by atoms with van der Waals surface area (Å²) in [6.45, 7) is -0.0500. The van der Waals surface area contributed by atoms with Crippen LogP contribution in [0, 0.1) is 0 Å². The fourth-order valence-corrected chi connectivity index (χ4v) is 22.1. The predicted octanol–water partition coefficient (Wildman–Crippen LogP) is 3.30. The zero-order valence-electron chi connectivity index (χ0n) is 11.3. The number of halogens is 2. The molecule has 0 spiro atoms.